The van der Waals surface area contributed by atoms with Crippen LogP contribution < -0.4 is 20.6 Å². The molecule has 0 spiro atoms. The lowest BCUT2D eigenvalue weighted by Gasteiger charge is -2.10. The Balaban J connectivity index is 1.41. The third-order valence-corrected chi connectivity index (χ3v) is 5.90. The number of carbonyl (C=O) groups excluding carboxylic acids is 2. The molecule has 1 heterocycles. The molecule has 3 aromatic carbocycles. The highest BCUT2D eigenvalue weighted by atomic mass is 32.2. The molecular weight excluding hydrogens is 492 g/mol. The second-order valence-electron chi connectivity index (χ2n) is 7.59. The molecule has 0 aliphatic heterocycles. The van der Waals surface area contributed by atoms with Gasteiger partial charge in [-0.1, -0.05) is 60.3 Å². The highest BCUT2D eigenvalue weighted by Gasteiger charge is 2.17. The van der Waals surface area contributed by atoms with Crippen molar-refractivity contribution in [1.29, 1.82) is 0 Å². The molecule has 4 rings (SSSR count). The Bertz CT molecular complexity index is 1390. The number of hydrogen-bond donors (Lipinski definition) is 2. The predicted octanol–water partition coefficient (Wildman–Crippen LogP) is 3.05. The van der Waals surface area contributed by atoms with Crippen LogP contribution in [0, 0.1) is 0 Å². The van der Waals surface area contributed by atoms with E-state index < -0.39 is 5.91 Å². The molecule has 3 N–H and O–H groups in total. The number of thioether (sulfide) groups is 1. The molecule has 0 saturated carbocycles. The Kier molecular flexibility index (Phi) is 8.50. The number of primary amides is 1. The maximum atomic E-state index is 12.5. The lowest BCUT2D eigenvalue weighted by Crippen LogP contribution is -2.20. The van der Waals surface area contributed by atoms with Gasteiger partial charge in [0.25, 0.3) is 11.8 Å². The highest BCUT2D eigenvalue weighted by molar-refractivity contribution is 7.99. The SMILES string of the molecule is COc1cc(C=NNC(=O)CSc2nnc(-c3ccccc3)n2-c2ccccc2)ccc1OCC(N)=O. The van der Waals surface area contributed by atoms with Crippen molar-refractivity contribution in [1.82, 2.24) is 20.2 Å². The van der Waals surface area contributed by atoms with Crippen molar-refractivity contribution in [3.63, 3.8) is 0 Å². The van der Waals surface area contributed by atoms with Crippen molar-refractivity contribution in [2.45, 2.75) is 5.16 Å². The van der Waals surface area contributed by atoms with Crippen LogP contribution >= 0.6 is 11.8 Å². The van der Waals surface area contributed by atoms with Gasteiger partial charge in [0.1, 0.15) is 0 Å². The van der Waals surface area contributed by atoms with Gasteiger partial charge in [-0.25, -0.2) is 5.43 Å². The van der Waals surface area contributed by atoms with Gasteiger partial charge < -0.3 is 15.2 Å². The molecule has 11 heteroatoms. The van der Waals surface area contributed by atoms with E-state index in [0.717, 1.165) is 11.3 Å². The van der Waals surface area contributed by atoms with Crippen LogP contribution in [-0.2, 0) is 9.59 Å². The molecule has 0 radical (unpaired) electrons. The average molecular weight is 517 g/mol. The lowest BCUT2D eigenvalue weighted by molar-refractivity contribution is -0.120. The maximum absolute atomic E-state index is 12.5. The molecule has 4 aromatic rings. The summed E-state index contributed by atoms with van der Waals surface area (Å²) in [5.41, 5.74) is 10.1. The molecule has 0 fully saturated rings. The Morgan fingerprint density at radius 2 is 1.76 bits per heavy atom. The summed E-state index contributed by atoms with van der Waals surface area (Å²) < 4.78 is 12.5. The number of nitrogens with one attached hydrogen (secondary N) is 1. The third-order valence-electron chi connectivity index (χ3n) is 4.97. The topological polar surface area (TPSA) is 134 Å². The fourth-order valence-corrected chi connectivity index (χ4v) is 4.07. The summed E-state index contributed by atoms with van der Waals surface area (Å²) in [6, 6.07) is 24.5. The largest absolute Gasteiger partial charge is 0.493 e. The van der Waals surface area contributed by atoms with Gasteiger partial charge in [0.15, 0.2) is 29.1 Å². The summed E-state index contributed by atoms with van der Waals surface area (Å²) in [7, 11) is 1.48. The molecule has 1 aromatic heterocycles. The van der Waals surface area contributed by atoms with E-state index in [2.05, 4.69) is 20.7 Å². The Morgan fingerprint density at radius 1 is 1.03 bits per heavy atom. The van der Waals surface area contributed by atoms with E-state index in [-0.39, 0.29) is 18.3 Å². The van der Waals surface area contributed by atoms with Gasteiger partial charge in [0, 0.05) is 11.3 Å². The van der Waals surface area contributed by atoms with E-state index >= 15 is 0 Å². The van der Waals surface area contributed by atoms with Gasteiger partial charge in [-0.2, -0.15) is 5.10 Å². The van der Waals surface area contributed by atoms with E-state index in [4.69, 9.17) is 15.2 Å². The van der Waals surface area contributed by atoms with Crippen LogP contribution in [0.15, 0.2) is 89.1 Å². The standard InChI is InChI=1S/C26H24N6O4S/c1-35-22-14-18(12-13-21(22)36-16-23(27)33)15-28-29-24(34)17-37-26-31-30-25(19-8-4-2-5-9-19)32(26)20-10-6-3-7-11-20/h2-15H,16-17H2,1H3,(H2,27,33)(H,29,34). The first-order valence-corrected chi connectivity index (χ1v) is 12.1. The maximum Gasteiger partial charge on any atom is 0.255 e. The zero-order chi connectivity index (χ0) is 26.0. The summed E-state index contributed by atoms with van der Waals surface area (Å²) in [5, 5.41) is 13.3. The van der Waals surface area contributed by atoms with Crippen LogP contribution in [0.1, 0.15) is 5.56 Å². The molecule has 37 heavy (non-hydrogen) atoms. The summed E-state index contributed by atoms with van der Waals surface area (Å²) >= 11 is 1.26. The fourth-order valence-electron chi connectivity index (χ4n) is 3.32. The Morgan fingerprint density at radius 3 is 2.46 bits per heavy atom. The number of hydrogen-bond acceptors (Lipinski definition) is 8. The molecular formula is C26H24N6O4S. The molecule has 0 aliphatic rings. The quantitative estimate of drug-likeness (QED) is 0.178. The number of hydrazone groups is 1. The Labute approximate surface area is 217 Å². The second-order valence-corrected chi connectivity index (χ2v) is 8.53. The van der Waals surface area contributed by atoms with Crippen LogP contribution in [0.5, 0.6) is 11.5 Å². The molecule has 0 saturated heterocycles. The average Bonchev–Trinajstić information content (AvgIpc) is 3.36. The molecule has 0 bridgehead atoms. The van der Waals surface area contributed by atoms with E-state index in [1.165, 1.54) is 25.1 Å². The van der Waals surface area contributed by atoms with Gasteiger partial charge in [-0.05, 0) is 35.9 Å². The molecule has 0 unspecified atom stereocenters. The minimum atomic E-state index is -0.591. The fraction of sp³-hybridized carbons (Fsp3) is 0.115. The third kappa shape index (κ3) is 6.73. The second kappa shape index (κ2) is 12.4. The smallest absolute Gasteiger partial charge is 0.255 e. The highest BCUT2D eigenvalue weighted by Crippen LogP contribution is 2.28. The molecule has 188 valence electrons. The van der Waals surface area contributed by atoms with Gasteiger partial charge >= 0.3 is 0 Å². The first kappa shape index (κ1) is 25.5. The zero-order valence-electron chi connectivity index (χ0n) is 19.9. The van der Waals surface area contributed by atoms with Gasteiger partial charge in [-0.3, -0.25) is 14.2 Å². The van der Waals surface area contributed by atoms with Crippen molar-refractivity contribution in [2.75, 3.05) is 19.5 Å². The van der Waals surface area contributed by atoms with Gasteiger partial charge in [0.05, 0.1) is 19.1 Å². The minimum Gasteiger partial charge on any atom is -0.493 e. The number of ether oxygens (including phenoxy) is 2. The number of amides is 2. The summed E-state index contributed by atoms with van der Waals surface area (Å²) in [6.07, 6.45) is 1.48. The first-order chi connectivity index (χ1) is 18.0. The number of benzene rings is 3. The molecule has 10 nitrogen and oxygen atoms in total. The van der Waals surface area contributed by atoms with Gasteiger partial charge in [-0.15, -0.1) is 10.2 Å². The summed E-state index contributed by atoms with van der Waals surface area (Å²) in [4.78, 5) is 23.4. The Hall–Kier alpha value is -4.64. The normalized spacial score (nSPS) is 10.8. The van der Waals surface area contributed by atoms with Crippen molar-refractivity contribution < 1.29 is 19.1 Å². The van der Waals surface area contributed by atoms with E-state index in [9.17, 15) is 9.59 Å². The van der Waals surface area contributed by atoms with Gasteiger partial charge in [0.2, 0.25) is 0 Å². The minimum absolute atomic E-state index is 0.0836. The number of nitrogens with zero attached hydrogens (tertiary/aromatic N) is 4. The number of carbonyl (C=O) groups is 2. The van der Waals surface area contributed by atoms with E-state index in [1.807, 2.05) is 65.2 Å². The van der Waals surface area contributed by atoms with Crippen LogP contribution in [0.25, 0.3) is 17.1 Å². The monoisotopic (exact) mass is 516 g/mol. The van der Waals surface area contributed by atoms with E-state index in [0.29, 0.717) is 28.0 Å². The van der Waals surface area contributed by atoms with E-state index in [1.54, 1.807) is 18.2 Å². The molecule has 0 aliphatic carbocycles. The van der Waals surface area contributed by atoms with Crippen molar-refractivity contribution in [3.8, 4) is 28.6 Å². The summed E-state index contributed by atoms with van der Waals surface area (Å²) in [6.45, 7) is -0.262. The number of methoxy groups -OCH3 is 1. The van der Waals surface area contributed by atoms with Crippen LogP contribution in [-0.4, -0.2) is 52.3 Å². The van der Waals surface area contributed by atoms with Crippen LogP contribution in [0.2, 0.25) is 0 Å². The van der Waals surface area contributed by atoms with Crippen molar-refractivity contribution in [2.24, 2.45) is 10.8 Å². The van der Waals surface area contributed by atoms with Crippen LogP contribution in [0.4, 0.5) is 0 Å². The summed E-state index contributed by atoms with van der Waals surface area (Å²) in [5.74, 6) is 0.646. The van der Waals surface area contributed by atoms with Crippen molar-refractivity contribution in [3.05, 3.63) is 84.4 Å². The first-order valence-electron chi connectivity index (χ1n) is 11.1. The predicted molar refractivity (Wildman–Crippen MR) is 141 cm³/mol. The number of rotatable bonds is 11. The number of para-hydroxylation sites is 1. The van der Waals surface area contributed by atoms with Crippen molar-refractivity contribution >= 4 is 29.8 Å². The number of nitrogens with two attached hydrogens (primary N) is 1. The molecule has 0 atom stereocenters. The number of aromatic nitrogens is 3. The van der Waals surface area contributed by atoms with Crippen LogP contribution in [0.3, 0.4) is 0 Å². The zero-order valence-corrected chi connectivity index (χ0v) is 20.7. The molecule has 2 amide bonds. The lowest BCUT2D eigenvalue weighted by atomic mass is 10.2.